The molecule has 21 heavy (non-hydrogen) atoms. The standard InChI is InChI=1S/C14H9F3N4/c15-10-1-12(17)13(2-11(10)16)21-5-7-4-20-14(19)8(3-18)9(7)6-21/h1-2,4H,5-6H2,(H2,19,20). The third-order valence-electron chi connectivity index (χ3n) is 3.46. The molecular formula is C14H9F3N4. The van der Waals surface area contributed by atoms with Crippen LogP contribution in [0.4, 0.5) is 24.7 Å². The molecular weight excluding hydrogens is 281 g/mol. The smallest absolute Gasteiger partial charge is 0.161 e. The summed E-state index contributed by atoms with van der Waals surface area (Å²) in [6.07, 6.45) is 1.50. The van der Waals surface area contributed by atoms with Crippen molar-refractivity contribution in [1.29, 1.82) is 5.26 Å². The van der Waals surface area contributed by atoms with Crippen molar-refractivity contribution in [3.8, 4) is 6.07 Å². The van der Waals surface area contributed by atoms with Gasteiger partial charge in [0, 0.05) is 31.4 Å². The number of hydrogen-bond acceptors (Lipinski definition) is 4. The maximum absolute atomic E-state index is 13.8. The lowest BCUT2D eigenvalue weighted by Gasteiger charge is -2.18. The molecule has 1 aliphatic rings. The highest BCUT2D eigenvalue weighted by Gasteiger charge is 2.26. The average Bonchev–Trinajstić information content (AvgIpc) is 2.86. The van der Waals surface area contributed by atoms with Gasteiger partial charge in [0.25, 0.3) is 0 Å². The number of benzene rings is 1. The largest absolute Gasteiger partial charge is 0.383 e. The van der Waals surface area contributed by atoms with Gasteiger partial charge in [-0.1, -0.05) is 0 Å². The zero-order valence-corrected chi connectivity index (χ0v) is 10.7. The zero-order valence-electron chi connectivity index (χ0n) is 10.7. The molecule has 0 fully saturated rings. The summed E-state index contributed by atoms with van der Waals surface area (Å²) in [6.45, 7) is 0.437. The molecule has 0 unspecified atom stereocenters. The second-order valence-electron chi connectivity index (χ2n) is 4.71. The summed E-state index contributed by atoms with van der Waals surface area (Å²) in [6, 6.07) is 3.27. The topological polar surface area (TPSA) is 65.9 Å². The van der Waals surface area contributed by atoms with Gasteiger partial charge in [-0.05, 0) is 11.1 Å². The van der Waals surface area contributed by atoms with Crippen LogP contribution in [0.5, 0.6) is 0 Å². The van der Waals surface area contributed by atoms with Crippen LogP contribution < -0.4 is 10.6 Å². The predicted molar refractivity (Wildman–Crippen MR) is 69.6 cm³/mol. The Bertz CT molecular complexity index is 783. The lowest BCUT2D eigenvalue weighted by atomic mass is 10.1. The van der Waals surface area contributed by atoms with Gasteiger partial charge in [-0.2, -0.15) is 5.26 Å². The Morgan fingerprint density at radius 2 is 1.86 bits per heavy atom. The predicted octanol–water partition coefficient (Wildman–Crippen LogP) is 2.47. The summed E-state index contributed by atoms with van der Waals surface area (Å²) in [4.78, 5) is 5.41. The monoisotopic (exact) mass is 290 g/mol. The first-order valence-electron chi connectivity index (χ1n) is 6.07. The lowest BCUT2D eigenvalue weighted by molar-refractivity contribution is 0.494. The van der Waals surface area contributed by atoms with E-state index in [0.717, 1.165) is 6.07 Å². The SMILES string of the molecule is N#Cc1c(N)ncc2c1CN(c1cc(F)c(F)cc1F)C2. The minimum absolute atomic E-state index is 0.0624. The highest BCUT2D eigenvalue weighted by Crippen LogP contribution is 2.33. The summed E-state index contributed by atoms with van der Waals surface area (Å²) in [5.74, 6) is -3.12. The number of nitriles is 1. The van der Waals surface area contributed by atoms with E-state index in [1.54, 1.807) is 0 Å². The van der Waals surface area contributed by atoms with Crippen LogP contribution in [0.1, 0.15) is 16.7 Å². The normalized spacial score (nSPS) is 13.1. The van der Waals surface area contributed by atoms with Gasteiger partial charge in [0.2, 0.25) is 0 Å². The van der Waals surface area contributed by atoms with Gasteiger partial charge in [-0.25, -0.2) is 18.2 Å². The van der Waals surface area contributed by atoms with E-state index < -0.39 is 17.5 Å². The fourth-order valence-electron chi connectivity index (χ4n) is 2.42. The molecule has 0 spiro atoms. The minimum Gasteiger partial charge on any atom is -0.383 e. The van der Waals surface area contributed by atoms with Crippen LogP contribution in [0.3, 0.4) is 0 Å². The quantitative estimate of drug-likeness (QED) is 0.819. The second-order valence-corrected chi connectivity index (χ2v) is 4.71. The molecule has 0 radical (unpaired) electrons. The molecule has 0 bridgehead atoms. The van der Waals surface area contributed by atoms with E-state index in [-0.39, 0.29) is 30.2 Å². The van der Waals surface area contributed by atoms with Crippen LogP contribution in [0, 0.1) is 28.8 Å². The number of nitrogens with two attached hydrogens (primary N) is 1. The molecule has 0 aliphatic carbocycles. The van der Waals surface area contributed by atoms with Gasteiger partial charge in [0.15, 0.2) is 11.6 Å². The van der Waals surface area contributed by atoms with Crippen molar-refractivity contribution < 1.29 is 13.2 Å². The van der Waals surface area contributed by atoms with Crippen molar-refractivity contribution in [3.05, 3.63) is 52.5 Å². The average molecular weight is 290 g/mol. The van der Waals surface area contributed by atoms with Crippen molar-refractivity contribution in [2.24, 2.45) is 0 Å². The Hall–Kier alpha value is -2.75. The Kier molecular flexibility index (Phi) is 2.94. The number of nitrogens with zero attached hydrogens (tertiary/aromatic N) is 3. The maximum atomic E-state index is 13.8. The summed E-state index contributed by atoms with van der Waals surface area (Å²) in [5, 5.41) is 9.10. The first-order valence-corrected chi connectivity index (χ1v) is 6.07. The van der Waals surface area contributed by atoms with Gasteiger partial charge in [-0.15, -0.1) is 0 Å². The number of hydrogen-bond donors (Lipinski definition) is 1. The number of aromatic nitrogens is 1. The van der Waals surface area contributed by atoms with E-state index in [1.807, 2.05) is 6.07 Å². The highest BCUT2D eigenvalue weighted by atomic mass is 19.2. The molecule has 3 rings (SSSR count). The molecule has 4 nitrogen and oxygen atoms in total. The lowest BCUT2D eigenvalue weighted by Crippen LogP contribution is -2.16. The molecule has 2 aromatic rings. The number of rotatable bonds is 1. The van der Waals surface area contributed by atoms with Gasteiger partial charge in [0.05, 0.1) is 11.3 Å². The summed E-state index contributed by atoms with van der Waals surface area (Å²) in [7, 11) is 0. The van der Waals surface area contributed by atoms with E-state index >= 15 is 0 Å². The maximum Gasteiger partial charge on any atom is 0.161 e. The molecule has 7 heteroatoms. The van der Waals surface area contributed by atoms with Crippen LogP contribution in [0.15, 0.2) is 18.3 Å². The van der Waals surface area contributed by atoms with Crippen LogP contribution in [0.2, 0.25) is 0 Å². The number of nitrogen functional groups attached to an aromatic ring is 1. The number of anilines is 2. The van der Waals surface area contributed by atoms with Crippen LogP contribution in [-0.2, 0) is 13.1 Å². The van der Waals surface area contributed by atoms with Crippen LogP contribution in [0.25, 0.3) is 0 Å². The molecule has 0 atom stereocenters. The first-order chi connectivity index (χ1) is 10.0. The molecule has 106 valence electrons. The Morgan fingerprint density at radius 3 is 2.57 bits per heavy atom. The van der Waals surface area contributed by atoms with E-state index in [4.69, 9.17) is 11.0 Å². The molecule has 2 heterocycles. The molecule has 1 aliphatic heterocycles. The fourth-order valence-corrected chi connectivity index (χ4v) is 2.42. The Labute approximate surface area is 118 Å². The summed E-state index contributed by atoms with van der Waals surface area (Å²) < 4.78 is 40.1. The molecule has 0 saturated carbocycles. The van der Waals surface area contributed by atoms with Gasteiger partial charge >= 0.3 is 0 Å². The minimum atomic E-state index is -1.24. The Balaban J connectivity index is 2.03. The fraction of sp³-hybridized carbons (Fsp3) is 0.143. The van der Waals surface area contributed by atoms with E-state index in [0.29, 0.717) is 17.2 Å². The van der Waals surface area contributed by atoms with E-state index in [2.05, 4.69) is 4.98 Å². The van der Waals surface area contributed by atoms with Gasteiger partial charge in [-0.3, -0.25) is 0 Å². The molecule has 1 aromatic heterocycles. The number of halogens is 3. The van der Waals surface area contributed by atoms with Crippen LogP contribution >= 0.6 is 0 Å². The molecule has 2 N–H and O–H groups in total. The van der Waals surface area contributed by atoms with Crippen LogP contribution in [-0.4, -0.2) is 4.98 Å². The summed E-state index contributed by atoms with van der Waals surface area (Å²) >= 11 is 0. The highest BCUT2D eigenvalue weighted by molar-refractivity contribution is 5.61. The second kappa shape index (κ2) is 4.66. The summed E-state index contributed by atoms with van der Waals surface area (Å²) in [5.41, 5.74) is 7.14. The number of fused-ring (bicyclic) bond motifs is 1. The van der Waals surface area contributed by atoms with Crippen molar-refractivity contribution in [2.75, 3.05) is 10.6 Å². The third-order valence-corrected chi connectivity index (χ3v) is 3.46. The molecule has 1 aromatic carbocycles. The molecule has 0 amide bonds. The third kappa shape index (κ3) is 2.05. The zero-order chi connectivity index (χ0) is 15.1. The van der Waals surface area contributed by atoms with Gasteiger partial charge in [0.1, 0.15) is 17.7 Å². The molecule has 0 saturated heterocycles. The van der Waals surface area contributed by atoms with E-state index in [1.165, 1.54) is 11.1 Å². The Morgan fingerprint density at radius 1 is 1.14 bits per heavy atom. The van der Waals surface area contributed by atoms with Gasteiger partial charge < -0.3 is 10.6 Å². The van der Waals surface area contributed by atoms with E-state index in [9.17, 15) is 13.2 Å². The van der Waals surface area contributed by atoms with Crippen molar-refractivity contribution in [2.45, 2.75) is 13.1 Å². The van der Waals surface area contributed by atoms with Crippen molar-refractivity contribution in [1.82, 2.24) is 4.98 Å². The van der Waals surface area contributed by atoms with Crippen molar-refractivity contribution in [3.63, 3.8) is 0 Å². The first kappa shape index (κ1) is 13.2. The number of pyridine rings is 1. The van der Waals surface area contributed by atoms with Crippen molar-refractivity contribution >= 4 is 11.5 Å².